The van der Waals surface area contributed by atoms with Crippen LogP contribution in [0, 0.1) is 0 Å². The van der Waals surface area contributed by atoms with E-state index in [0.717, 1.165) is 6.07 Å². The Bertz CT molecular complexity index is 430. The number of rotatable bonds is 3. The number of halogens is 1. The van der Waals surface area contributed by atoms with Gasteiger partial charge in [0.15, 0.2) is 9.84 Å². The van der Waals surface area contributed by atoms with E-state index in [1.165, 1.54) is 12.1 Å². The average molecular weight is 236 g/mol. The van der Waals surface area contributed by atoms with Crippen LogP contribution in [0.2, 0.25) is 0 Å². The van der Waals surface area contributed by atoms with E-state index in [0.29, 0.717) is 0 Å². The second-order valence-corrected chi connectivity index (χ2v) is 5.22. The van der Waals surface area contributed by atoms with Gasteiger partial charge in [-0.25, -0.2) is 8.42 Å². The molecule has 0 aliphatic carbocycles. The van der Waals surface area contributed by atoms with Crippen molar-refractivity contribution in [2.24, 2.45) is 0 Å². The smallest absolute Gasteiger partial charge is 0.179 e. The molecule has 0 bridgehead atoms. The molecule has 0 aromatic heterocycles. The summed E-state index contributed by atoms with van der Waals surface area (Å²) < 4.78 is 22.9. The molecule has 1 aromatic rings. The highest BCUT2D eigenvalue weighted by molar-refractivity contribution is 7.91. The number of anilines is 1. The van der Waals surface area contributed by atoms with Gasteiger partial charge in [0.05, 0.1) is 16.3 Å². The molecule has 0 aliphatic rings. The lowest BCUT2D eigenvalue weighted by Gasteiger charge is -2.04. The van der Waals surface area contributed by atoms with Gasteiger partial charge in [-0.05, 0) is 12.1 Å². The molecule has 1 aromatic carbocycles. The van der Waals surface area contributed by atoms with Crippen LogP contribution in [0.3, 0.4) is 0 Å². The summed E-state index contributed by atoms with van der Waals surface area (Å²) >= 11 is 5.34. The van der Waals surface area contributed by atoms with Crippen molar-refractivity contribution in [1.29, 1.82) is 0 Å². The van der Waals surface area contributed by atoms with Gasteiger partial charge in [-0.1, -0.05) is 0 Å². The van der Waals surface area contributed by atoms with Crippen molar-refractivity contribution in [1.82, 2.24) is 0 Å². The second-order valence-electron chi connectivity index (χ2n) is 2.73. The number of alkyl halides is 1. The Hall–Kier alpha value is -0.940. The molecule has 3 N–H and O–H groups in total. The Balaban J connectivity index is 3.15. The minimum atomic E-state index is -3.40. The Labute approximate surface area is 87.2 Å². The summed E-state index contributed by atoms with van der Waals surface area (Å²) in [4.78, 5) is 0.0323. The monoisotopic (exact) mass is 235 g/mol. The van der Waals surface area contributed by atoms with E-state index >= 15 is 0 Å². The third kappa shape index (κ3) is 2.30. The molecule has 78 valence electrons. The highest BCUT2D eigenvalue weighted by Crippen LogP contribution is 2.24. The van der Waals surface area contributed by atoms with Gasteiger partial charge in [-0.2, -0.15) is 0 Å². The number of hydrogen-bond donors (Lipinski definition) is 2. The second kappa shape index (κ2) is 4.06. The Morgan fingerprint density at radius 1 is 1.43 bits per heavy atom. The highest BCUT2D eigenvalue weighted by atomic mass is 35.5. The maximum Gasteiger partial charge on any atom is 0.179 e. The SMILES string of the molecule is Nc1ccc(S(=O)(=O)CCCl)cc1O. The molecular formula is C8H10ClNO3S. The standard InChI is InChI=1S/C8H10ClNO3S/c9-3-4-14(12,13)6-1-2-7(10)8(11)5-6/h1-2,5,11H,3-4,10H2. The van der Waals surface area contributed by atoms with Crippen molar-refractivity contribution in [2.45, 2.75) is 4.90 Å². The molecule has 14 heavy (non-hydrogen) atoms. The van der Waals surface area contributed by atoms with Crippen molar-refractivity contribution in [3.05, 3.63) is 18.2 Å². The fraction of sp³-hybridized carbons (Fsp3) is 0.250. The molecular weight excluding hydrogens is 226 g/mol. The molecule has 0 saturated carbocycles. The zero-order valence-electron chi connectivity index (χ0n) is 7.27. The molecule has 4 nitrogen and oxygen atoms in total. The summed E-state index contributed by atoms with van der Waals surface area (Å²) in [6, 6.07) is 3.81. The molecule has 0 radical (unpaired) electrons. The Morgan fingerprint density at radius 3 is 2.57 bits per heavy atom. The third-order valence-electron chi connectivity index (χ3n) is 1.71. The van der Waals surface area contributed by atoms with Crippen molar-refractivity contribution in [3.63, 3.8) is 0 Å². The quantitative estimate of drug-likeness (QED) is 0.465. The normalized spacial score (nSPS) is 11.5. The molecule has 0 saturated heterocycles. The maximum absolute atomic E-state index is 11.5. The molecule has 0 heterocycles. The van der Waals surface area contributed by atoms with Crippen LogP contribution in [0.5, 0.6) is 5.75 Å². The first-order valence-corrected chi connectivity index (χ1v) is 6.03. The van der Waals surface area contributed by atoms with E-state index < -0.39 is 9.84 Å². The van der Waals surface area contributed by atoms with Crippen LogP contribution in [-0.2, 0) is 9.84 Å². The van der Waals surface area contributed by atoms with Crippen LogP contribution in [0.15, 0.2) is 23.1 Å². The summed E-state index contributed by atoms with van der Waals surface area (Å²) in [5.74, 6) is -0.369. The predicted molar refractivity (Wildman–Crippen MR) is 55.3 cm³/mol. The van der Waals surface area contributed by atoms with Crippen LogP contribution >= 0.6 is 11.6 Å². The summed E-state index contributed by atoms with van der Waals surface area (Å²) in [5, 5.41) is 9.21. The number of phenols is 1. The van der Waals surface area contributed by atoms with Gasteiger partial charge in [0.2, 0.25) is 0 Å². The largest absolute Gasteiger partial charge is 0.506 e. The van der Waals surface area contributed by atoms with E-state index in [1.807, 2.05) is 0 Å². The van der Waals surface area contributed by atoms with Crippen LogP contribution in [-0.4, -0.2) is 25.2 Å². The van der Waals surface area contributed by atoms with E-state index in [4.69, 9.17) is 17.3 Å². The zero-order chi connectivity index (χ0) is 10.8. The molecule has 0 unspecified atom stereocenters. The number of sulfone groups is 1. The van der Waals surface area contributed by atoms with Gasteiger partial charge in [-0.3, -0.25) is 0 Å². The summed E-state index contributed by atoms with van der Waals surface area (Å²) in [7, 11) is -3.40. The zero-order valence-corrected chi connectivity index (χ0v) is 8.85. The number of nitrogen functional groups attached to an aromatic ring is 1. The number of phenolic OH excluding ortho intramolecular Hbond substituents is 1. The van der Waals surface area contributed by atoms with E-state index in [1.54, 1.807) is 0 Å². The lowest BCUT2D eigenvalue weighted by Crippen LogP contribution is -2.07. The van der Waals surface area contributed by atoms with Crippen LogP contribution < -0.4 is 5.73 Å². The van der Waals surface area contributed by atoms with Gasteiger partial charge < -0.3 is 10.8 Å². The van der Waals surface area contributed by atoms with Crippen LogP contribution in [0.25, 0.3) is 0 Å². The van der Waals surface area contributed by atoms with E-state index in [9.17, 15) is 13.5 Å². The van der Waals surface area contributed by atoms with E-state index in [-0.39, 0.29) is 28.0 Å². The maximum atomic E-state index is 11.5. The lowest BCUT2D eigenvalue weighted by atomic mass is 10.3. The first-order valence-electron chi connectivity index (χ1n) is 3.84. The van der Waals surface area contributed by atoms with Crippen LogP contribution in [0.4, 0.5) is 5.69 Å². The van der Waals surface area contributed by atoms with Gasteiger partial charge in [0.1, 0.15) is 5.75 Å². The average Bonchev–Trinajstić information content (AvgIpc) is 2.09. The first-order chi connectivity index (χ1) is 6.47. The lowest BCUT2D eigenvalue weighted by molar-refractivity contribution is 0.476. The van der Waals surface area contributed by atoms with Crippen molar-refractivity contribution in [2.75, 3.05) is 17.4 Å². The molecule has 1 rings (SSSR count). The molecule has 0 amide bonds. The van der Waals surface area contributed by atoms with Crippen molar-refractivity contribution in [3.8, 4) is 5.75 Å². The fourth-order valence-electron chi connectivity index (χ4n) is 0.936. The summed E-state index contributed by atoms with van der Waals surface area (Å²) in [6.45, 7) is 0. The molecule has 6 heteroatoms. The molecule has 0 spiro atoms. The van der Waals surface area contributed by atoms with Crippen LogP contribution in [0.1, 0.15) is 0 Å². The van der Waals surface area contributed by atoms with Gasteiger partial charge in [0, 0.05) is 11.9 Å². The van der Waals surface area contributed by atoms with Crippen molar-refractivity contribution < 1.29 is 13.5 Å². The number of nitrogens with two attached hydrogens (primary N) is 1. The third-order valence-corrected chi connectivity index (χ3v) is 3.83. The minimum absolute atomic E-state index is 0.0213. The Kier molecular flexibility index (Phi) is 3.23. The Morgan fingerprint density at radius 2 is 2.07 bits per heavy atom. The first kappa shape index (κ1) is 11.1. The molecule has 0 fully saturated rings. The topological polar surface area (TPSA) is 80.4 Å². The summed E-state index contributed by atoms with van der Waals surface area (Å²) in [6.07, 6.45) is 0. The van der Waals surface area contributed by atoms with Crippen molar-refractivity contribution >= 4 is 27.1 Å². The van der Waals surface area contributed by atoms with Gasteiger partial charge in [0.25, 0.3) is 0 Å². The summed E-state index contributed by atoms with van der Waals surface area (Å²) in [5.41, 5.74) is 5.48. The predicted octanol–water partition coefficient (Wildman–Crippen LogP) is 0.987. The van der Waals surface area contributed by atoms with Gasteiger partial charge >= 0.3 is 0 Å². The van der Waals surface area contributed by atoms with E-state index in [2.05, 4.69) is 0 Å². The number of benzene rings is 1. The van der Waals surface area contributed by atoms with Gasteiger partial charge in [-0.15, -0.1) is 11.6 Å². The highest BCUT2D eigenvalue weighted by Gasteiger charge is 2.14. The fourth-order valence-corrected chi connectivity index (χ4v) is 2.55. The minimum Gasteiger partial charge on any atom is -0.506 e. The molecule has 0 aliphatic heterocycles. The number of hydrogen-bond acceptors (Lipinski definition) is 4. The molecule has 0 atom stereocenters. The number of aromatic hydroxyl groups is 1.